The number of hydrogen-bond acceptors (Lipinski definition) is 4. The first-order valence-corrected chi connectivity index (χ1v) is 9.46. The fraction of sp³-hybridized carbons (Fsp3) is 0.100. The number of hydrogen-bond donors (Lipinski definition) is 1. The number of para-hydroxylation sites is 2. The van der Waals surface area contributed by atoms with E-state index in [4.69, 9.17) is 4.74 Å². The van der Waals surface area contributed by atoms with Crippen LogP contribution in [0.25, 0.3) is 22.3 Å². The Hall–Kier alpha value is -2.99. The number of aromatic amines is 1. The predicted octanol–water partition coefficient (Wildman–Crippen LogP) is 4.19. The molecule has 0 saturated heterocycles. The molecule has 0 spiro atoms. The zero-order valence-corrected chi connectivity index (χ0v) is 15.0. The molecular formula is C20H17N3O2S. The summed E-state index contributed by atoms with van der Waals surface area (Å²) in [6, 6.07) is 18.8. The summed E-state index contributed by atoms with van der Waals surface area (Å²) >= 11 is 0. The molecule has 0 aliphatic heterocycles. The summed E-state index contributed by atoms with van der Waals surface area (Å²) < 4.78 is 18.7. The summed E-state index contributed by atoms with van der Waals surface area (Å²) in [6.07, 6.45) is 1.70. The van der Waals surface area contributed by atoms with Crippen molar-refractivity contribution >= 4 is 21.8 Å². The van der Waals surface area contributed by atoms with Crippen LogP contribution in [0.15, 0.2) is 76.9 Å². The lowest BCUT2D eigenvalue weighted by Crippen LogP contribution is -1.99. The van der Waals surface area contributed by atoms with Gasteiger partial charge in [0.15, 0.2) is 0 Å². The van der Waals surface area contributed by atoms with Crippen LogP contribution in [-0.2, 0) is 10.8 Å². The normalized spacial score (nSPS) is 12.2. The third-order valence-electron chi connectivity index (χ3n) is 3.95. The Morgan fingerprint density at radius 2 is 1.88 bits per heavy atom. The molecule has 0 fully saturated rings. The monoisotopic (exact) mass is 363 g/mol. The summed E-state index contributed by atoms with van der Waals surface area (Å²) in [5.74, 6) is 0.738. The highest BCUT2D eigenvalue weighted by atomic mass is 32.2. The molecule has 1 atom stereocenters. The second-order valence-corrected chi connectivity index (χ2v) is 7.00. The molecule has 0 amide bonds. The maximum atomic E-state index is 13.2. The molecule has 130 valence electrons. The van der Waals surface area contributed by atoms with Crippen LogP contribution in [-0.4, -0.2) is 25.8 Å². The molecular weight excluding hydrogens is 346 g/mol. The Kier molecular flexibility index (Phi) is 4.50. The van der Waals surface area contributed by atoms with Gasteiger partial charge in [-0.15, -0.1) is 0 Å². The molecule has 5 nitrogen and oxygen atoms in total. The van der Waals surface area contributed by atoms with Crippen molar-refractivity contribution in [2.45, 2.75) is 17.0 Å². The number of pyridine rings is 1. The number of imidazole rings is 1. The number of aromatic nitrogens is 3. The molecule has 2 heterocycles. The van der Waals surface area contributed by atoms with Crippen LogP contribution in [0.3, 0.4) is 0 Å². The van der Waals surface area contributed by atoms with E-state index in [2.05, 4.69) is 15.0 Å². The van der Waals surface area contributed by atoms with Gasteiger partial charge in [0.2, 0.25) is 5.16 Å². The van der Waals surface area contributed by atoms with Crippen LogP contribution in [0, 0.1) is 0 Å². The zero-order chi connectivity index (χ0) is 17.9. The van der Waals surface area contributed by atoms with Crippen molar-refractivity contribution in [3.05, 3.63) is 66.9 Å². The maximum absolute atomic E-state index is 13.2. The van der Waals surface area contributed by atoms with Gasteiger partial charge in [0.25, 0.3) is 0 Å². The van der Waals surface area contributed by atoms with Crippen molar-refractivity contribution in [2.24, 2.45) is 0 Å². The van der Waals surface area contributed by atoms with Crippen LogP contribution >= 0.6 is 0 Å². The molecule has 1 unspecified atom stereocenters. The molecule has 0 aliphatic rings. The summed E-state index contributed by atoms with van der Waals surface area (Å²) in [5, 5.41) is 0.430. The lowest BCUT2D eigenvalue weighted by molar-refractivity contribution is 0.340. The molecule has 4 rings (SSSR count). The molecule has 1 N–H and O–H groups in total. The van der Waals surface area contributed by atoms with Crippen LogP contribution < -0.4 is 4.74 Å². The predicted molar refractivity (Wildman–Crippen MR) is 102 cm³/mol. The van der Waals surface area contributed by atoms with E-state index in [-0.39, 0.29) is 0 Å². The van der Waals surface area contributed by atoms with Gasteiger partial charge in [-0.25, -0.2) is 9.19 Å². The summed E-state index contributed by atoms with van der Waals surface area (Å²) in [6.45, 7) is 2.51. The molecule has 0 bridgehead atoms. The SMILES string of the molecule is CCOc1ccnc(-c2ccccc2S(=O)c2nc3ccccc3[nH]2)c1. The topological polar surface area (TPSA) is 67.9 Å². The van der Waals surface area contributed by atoms with Gasteiger partial charge in [-0.05, 0) is 31.2 Å². The van der Waals surface area contributed by atoms with Gasteiger partial charge in [0, 0.05) is 17.8 Å². The molecule has 4 aromatic rings. The van der Waals surface area contributed by atoms with Crippen molar-refractivity contribution in [3.63, 3.8) is 0 Å². The van der Waals surface area contributed by atoms with Crippen molar-refractivity contribution in [1.29, 1.82) is 0 Å². The van der Waals surface area contributed by atoms with E-state index in [0.29, 0.717) is 16.7 Å². The number of benzene rings is 2. The highest BCUT2D eigenvalue weighted by Gasteiger charge is 2.17. The Bertz CT molecular complexity index is 1060. The van der Waals surface area contributed by atoms with Gasteiger partial charge in [0.05, 0.1) is 28.2 Å². The molecule has 2 aromatic carbocycles. The van der Waals surface area contributed by atoms with Crippen molar-refractivity contribution in [2.75, 3.05) is 6.61 Å². The number of nitrogens with zero attached hydrogens (tertiary/aromatic N) is 2. The first-order chi connectivity index (χ1) is 12.8. The van der Waals surface area contributed by atoms with E-state index >= 15 is 0 Å². The zero-order valence-electron chi connectivity index (χ0n) is 14.2. The van der Waals surface area contributed by atoms with Crippen molar-refractivity contribution in [1.82, 2.24) is 15.0 Å². The molecule has 0 aliphatic carbocycles. The van der Waals surface area contributed by atoms with E-state index < -0.39 is 10.8 Å². The highest BCUT2D eigenvalue weighted by molar-refractivity contribution is 7.85. The van der Waals surface area contributed by atoms with Crippen LogP contribution in [0.5, 0.6) is 5.75 Å². The molecule has 0 radical (unpaired) electrons. The minimum absolute atomic E-state index is 0.430. The average molecular weight is 363 g/mol. The number of H-pyrrole nitrogens is 1. The van der Waals surface area contributed by atoms with E-state index in [1.54, 1.807) is 6.20 Å². The Balaban J connectivity index is 1.78. The third-order valence-corrected chi connectivity index (χ3v) is 5.25. The van der Waals surface area contributed by atoms with Gasteiger partial charge in [-0.1, -0.05) is 30.3 Å². The number of nitrogens with one attached hydrogen (secondary N) is 1. The van der Waals surface area contributed by atoms with E-state index in [9.17, 15) is 4.21 Å². The van der Waals surface area contributed by atoms with Gasteiger partial charge >= 0.3 is 0 Å². The Morgan fingerprint density at radius 3 is 2.73 bits per heavy atom. The largest absolute Gasteiger partial charge is 0.494 e. The fourth-order valence-electron chi connectivity index (χ4n) is 2.78. The third kappa shape index (κ3) is 3.11. The second-order valence-electron chi connectivity index (χ2n) is 5.63. The van der Waals surface area contributed by atoms with Crippen molar-refractivity contribution in [3.8, 4) is 17.0 Å². The molecule has 6 heteroatoms. The van der Waals surface area contributed by atoms with Crippen molar-refractivity contribution < 1.29 is 8.95 Å². The first-order valence-electron chi connectivity index (χ1n) is 8.31. The quantitative estimate of drug-likeness (QED) is 0.577. The van der Waals surface area contributed by atoms with Gasteiger partial charge in [-0.2, -0.15) is 0 Å². The van der Waals surface area contributed by atoms with Gasteiger partial charge in [-0.3, -0.25) is 4.98 Å². The lowest BCUT2D eigenvalue weighted by atomic mass is 10.1. The minimum Gasteiger partial charge on any atom is -0.494 e. The van der Waals surface area contributed by atoms with Crippen LogP contribution in [0.1, 0.15) is 6.92 Å². The minimum atomic E-state index is -1.45. The van der Waals surface area contributed by atoms with Gasteiger partial charge < -0.3 is 9.72 Å². The summed E-state index contributed by atoms with van der Waals surface area (Å²) in [4.78, 5) is 12.7. The van der Waals surface area contributed by atoms with Crippen LogP contribution in [0.4, 0.5) is 0 Å². The Morgan fingerprint density at radius 1 is 1.08 bits per heavy atom. The highest BCUT2D eigenvalue weighted by Crippen LogP contribution is 2.29. The van der Waals surface area contributed by atoms with Crippen LogP contribution in [0.2, 0.25) is 0 Å². The lowest BCUT2D eigenvalue weighted by Gasteiger charge is -2.09. The fourth-order valence-corrected chi connectivity index (χ4v) is 3.94. The molecule has 0 saturated carbocycles. The second kappa shape index (κ2) is 7.09. The molecule has 26 heavy (non-hydrogen) atoms. The van der Waals surface area contributed by atoms with E-state index in [0.717, 1.165) is 28.0 Å². The Labute approximate surface area is 153 Å². The average Bonchev–Trinajstić information content (AvgIpc) is 3.12. The van der Waals surface area contributed by atoms with E-state index in [1.165, 1.54) is 0 Å². The maximum Gasteiger partial charge on any atom is 0.202 e. The van der Waals surface area contributed by atoms with E-state index in [1.807, 2.05) is 67.6 Å². The number of fused-ring (bicyclic) bond motifs is 1. The number of rotatable bonds is 5. The standard InChI is InChI=1S/C20H17N3O2S/c1-2-25-14-11-12-21-18(13-14)15-7-3-6-10-19(15)26(24)20-22-16-8-4-5-9-17(16)23-20/h3-13H,2H2,1H3,(H,22,23). The summed E-state index contributed by atoms with van der Waals surface area (Å²) in [7, 11) is -1.45. The summed E-state index contributed by atoms with van der Waals surface area (Å²) in [5.41, 5.74) is 3.18. The number of ether oxygens (including phenoxy) is 1. The first kappa shape index (κ1) is 16.5. The molecule has 2 aromatic heterocycles. The van der Waals surface area contributed by atoms with Gasteiger partial charge in [0.1, 0.15) is 16.5 Å². The smallest absolute Gasteiger partial charge is 0.202 e.